The summed E-state index contributed by atoms with van der Waals surface area (Å²) in [5, 5.41) is 16.8. The molecular formula is C17H23Cl2N3O2. The molecule has 1 saturated heterocycles. The van der Waals surface area contributed by atoms with E-state index in [1.807, 2.05) is 38.1 Å². The predicted octanol–water partition coefficient (Wildman–Crippen LogP) is 2.01. The Balaban J connectivity index is 0.00000144. The number of carbonyl (C=O) groups excluding carboxylic acids is 1. The first-order valence-electron chi connectivity index (χ1n) is 7.59. The quantitative estimate of drug-likeness (QED) is 0.771. The van der Waals surface area contributed by atoms with Crippen LogP contribution in [0.15, 0.2) is 24.3 Å². The number of halogens is 2. The fraction of sp³-hybridized carbons (Fsp3) is 0.412. The second kappa shape index (κ2) is 8.62. The van der Waals surface area contributed by atoms with Crippen molar-refractivity contribution in [1.29, 1.82) is 0 Å². The van der Waals surface area contributed by atoms with Gasteiger partial charge in [0.25, 0.3) is 5.91 Å². The highest BCUT2D eigenvalue weighted by Crippen LogP contribution is 2.18. The number of nitrogens with one attached hydrogen (secondary N) is 2. The summed E-state index contributed by atoms with van der Waals surface area (Å²) in [4.78, 5) is 16.9. The number of β-amino-alcohol motifs (C(OH)–C–C–N with tert-alkyl or cyclic N) is 1. The molecule has 1 amide bonds. The van der Waals surface area contributed by atoms with Crippen LogP contribution in [0.2, 0.25) is 0 Å². The third-order valence-corrected chi connectivity index (χ3v) is 4.23. The Kier molecular flexibility index (Phi) is 7.42. The second-order valence-corrected chi connectivity index (χ2v) is 6.01. The highest BCUT2D eigenvalue weighted by molar-refractivity contribution is 5.98. The Morgan fingerprint density at radius 3 is 2.71 bits per heavy atom. The first-order valence-corrected chi connectivity index (χ1v) is 7.59. The van der Waals surface area contributed by atoms with Crippen LogP contribution >= 0.6 is 24.8 Å². The summed E-state index contributed by atoms with van der Waals surface area (Å²) in [5.74, 6) is -0.0626. The van der Waals surface area contributed by atoms with Crippen molar-refractivity contribution >= 4 is 41.6 Å². The summed E-state index contributed by atoms with van der Waals surface area (Å²) >= 11 is 0. The number of amides is 1. The molecule has 5 nitrogen and oxygen atoms in total. The van der Waals surface area contributed by atoms with Gasteiger partial charge >= 0.3 is 0 Å². The van der Waals surface area contributed by atoms with Gasteiger partial charge < -0.3 is 15.7 Å². The number of hydrogen-bond donors (Lipinski definition) is 3. The fourth-order valence-electron chi connectivity index (χ4n) is 2.87. The molecule has 1 fully saturated rings. The Hall–Kier alpha value is -1.40. The van der Waals surface area contributed by atoms with Crippen molar-refractivity contribution in [3.8, 4) is 0 Å². The van der Waals surface area contributed by atoms with Crippen molar-refractivity contribution < 1.29 is 9.90 Å². The monoisotopic (exact) mass is 371 g/mol. The van der Waals surface area contributed by atoms with Crippen LogP contribution in [0.4, 0.5) is 0 Å². The minimum absolute atomic E-state index is 0. The lowest BCUT2D eigenvalue weighted by Crippen LogP contribution is -2.34. The zero-order valence-electron chi connectivity index (χ0n) is 13.7. The summed E-state index contributed by atoms with van der Waals surface area (Å²) in [6.45, 7) is 5.66. The molecule has 2 heterocycles. The molecule has 0 saturated carbocycles. The Bertz CT molecular complexity index is 724. The summed E-state index contributed by atoms with van der Waals surface area (Å²) in [5.41, 5.74) is 3.36. The lowest BCUT2D eigenvalue weighted by Gasteiger charge is -2.15. The fourth-order valence-corrected chi connectivity index (χ4v) is 2.87. The number of fused-ring (bicyclic) bond motifs is 1. The summed E-state index contributed by atoms with van der Waals surface area (Å²) in [7, 11) is 0. The van der Waals surface area contributed by atoms with E-state index in [4.69, 9.17) is 0 Å². The van der Waals surface area contributed by atoms with Crippen LogP contribution in [-0.2, 0) is 0 Å². The van der Waals surface area contributed by atoms with Crippen LogP contribution < -0.4 is 10.6 Å². The number of aryl methyl sites for hydroxylation is 2. The van der Waals surface area contributed by atoms with E-state index >= 15 is 0 Å². The number of rotatable bonds is 3. The largest absolute Gasteiger partial charge is 0.391 e. The zero-order valence-corrected chi connectivity index (χ0v) is 15.3. The topological polar surface area (TPSA) is 74.2 Å². The van der Waals surface area contributed by atoms with E-state index in [1.54, 1.807) is 0 Å². The highest BCUT2D eigenvalue weighted by atomic mass is 35.5. The molecule has 3 rings (SSSR count). The average molecular weight is 372 g/mol. The normalized spacial score (nSPS) is 19.5. The lowest BCUT2D eigenvalue weighted by atomic mass is 10.1. The molecular weight excluding hydrogens is 349 g/mol. The molecule has 0 spiro atoms. The molecule has 7 heteroatoms. The molecule has 2 unspecified atom stereocenters. The molecule has 1 aliphatic heterocycles. The summed E-state index contributed by atoms with van der Waals surface area (Å²) < 4.78 is 0. The van der Waals surface area contributed by atoms with Gasteiger partial charge in [-0.05, 0) is 32.0 Å². The van der Waals surface area contributed by atoms with Crippen molar-refractivity contribution in [3.05, 3.63) is 41.1 Å². The SMILES string of the molecule is Cc1ccc2nc(C)c(C(=O)NCC3CNCC3O)cc2c1.Cl.Cl. The minimum atomic E-state index is -0.390. The summed E-state index contributed by atoms with van der Waals surface area (Å²) in [6, 6.07) is 7.91. The molecule has 24 heavy (non-hydrogen) atoms. The van der Waals surface area contributed by atoms with Crippen LogP contribution in [0.5, 0.6) is 0 Å². The molecule has 0 radical (unpaired) electrons. The standard InChI is InChI=1S/C17H21N3O2.2ClH/c1-10-3-4-15-12(5-10)6-14(11(2)20-15)17(22)19-8-13-7-18-9-16(13)21;;/h3-6,13,16,18,21H,7-9H2,1-2H3,(H,19,22);2*1H. The number of benzene rings is 1. The number of aliphatic hydroxyl groups is 1. The number of pyridine rings is 1. The van der Waals surface area contributed by atoms with Gasteiger partial charge in [-0.2, -0.15) is 0 Å². The van der Waals surface area contributed by atoms with Gasteiger partial charge in [-0.15, -0.1) is 24.8 Å². The first kappa shape index (κ1) is 20.6. The van der Waals surface area contributed by atoms with E-state index in [0.29, 0.717) is 18.7 Å². The van der Waals surface area contributed by atoms with Gasteiger partial charge in [0.15, 0.2) is 0 Å². The van der Waals surface area contributed by atoms with Crippen molar-refractivity contribution in [3.63, 3.8) is 0 Å². The van der Waals surface area contributed by atoms with E-state index in [9.17, 15) is 9.90 Å². The third kappa shape index (κ3) is 4.36. The predicted molar refractivity (Wildman–Crippen MR) is 100 cm³/mol. The number of aromatic nitrogens is 1. The van der Waals surface area contributed by atoms with Gasteiger partial charge in [-0.3, -0.25) is 9.78 Å². The van der Waals surface area contributed by atoms with Gasteiger partial charge in [0.1, 0.15) is 0 Å². The molecule has 1 aromatic carbocycles. The molecule has 3 N–H and O–H groups in total. The number of nitrogens with zero attached hydrogens (tertiary/aromatic N) is 1. The number of carbonyl (C=O) groups is 1. The Morgan fingerprint density at radius 2 is 2.04 bits per heavy atom. The van der Waals surface area contributed by atoms with Crippen molar-refractivity contribution in [2.45, 2.75) is 20.0 Å². The van der Waals surface area contributed by atoms with Crippen molar-refractivity contribution in [1.82, 2.24) is 15.6 Å². The molecule has 0 aliphatic carbocycles. The van der Waals surface area contributed by atoms with Crippen LogP contribution in [0.25, 0.3) is 10.9 Å². The van der Waals surface area contributed by atoms with Crippen LogP contribution in [-0.4, -0.2) is 41.7 Å². The van der Waals surface area contributed by atoms with E-state index in [0.717, 1.165) is 28.7 Å². The van der Waals surface area contributed by atoms with Crippen LogP contribution in [0, 0.1) is 19.8 Å². The molecule has 132 valence electrons. The maximum absolute atomic E-state index is 12.4. The Labute approximate surface area is 154 Å². The average Bonchev–Trinajstić information content (AvgIpc) is 2.90. The smallest absolute Gasteiger partial charge is 0.253 e. The van der Waals surface area contributed by atoms with E-state index in [1.165, 1.54) is 0 Å². The maximum atomic E-state index is 12.4. The van der Waals surface area contributed by atoms with E-state index < -0.39 is 6.10 Å². The minimum Gasteiger partial charge on any atom is -0.391 e. The molecule has 2 atom stereocenters. The molecule has 1 aromatic heterocycles. The van der Waals surface area contributed by atoms with E-state index in [-0.39, 0.29) is 36.6 Å². The number of aliphatic hydroxyl groups excluding tert-OH is 1. The first-order chi connectivity index (χ1) is 10.5. The third-order valence-electron chi connectivity index (χ3n) is 4.23. The van der Waals surface area contributed by atoms with Gasteiger partial charge in [0.2, 0.25) is 0 Å². The second-order valence-electron chi connectivity index (χ2n) is 6.01. The van der Waals surface area contributed by atoms with Gasteiger partial charge in [0, 0.05) is 30.9 Å². The molecule has 1 aliphatic rings. The summed E-state index contributed by atoms with van der Waals surface area (Å²) in [6.07, 6.45) is -0.390. The maximum Gasteiger partial charge on any atom is 0.253 e. The van der Waals surface area contributed by atoms with Gasteiger partial charge in [-0.25, -0.2) is 0 Å². The van der Waals surface area contributed by atoms with Gasteiger partial charge in [-0.1, -0.05) is 11.6 Å². The van der Waals surface area contributed by atoms with Gasteiger partial charge in [0.05, 0.1) is 22.9 Å². The zero-order chi connectivity index (χ0) is 15.7. The van der Waals surface area contributed by atoms with E-state index in [2.05, 4.69) is 15.6 Å². The van der Waals surface area contributed by atoms with Crippen molar-refractivity contribution in [2.75, 3.05) is 19.6 Å². The molecule has 0 bridgehead atoms. The number of hydrogen-bond acceptors (Lipinski definition) is 4. The lowest BCUT2D eigenvalue weighted by molar-refractivity contribution is 0.0926. The highest BCUT2D eigenvalue weighted by Gasteiger charge is 2.25. The Morgan fingerprint density at radius 1 is 1.29 bits per heavy atom. The van der Waals surface area contributed by atoms with Crippen LogP contribution in [0.1, 0.15) is 21.6 Å². The van der Waals surface area contributed by atoms with Crippen molar-refractivity contribution in [2.24, 2.45) is 5.92 Å². The molecule has 2 aromatic rings. The van der Waals surface area contributed by atoms with Crippen LogP contribution in [0.3, 0.4) is 0 Å².